The number of Topliss-reactive ketones (excluding diaryl/α,β-unsaturated/α-hetero) is 1. The number of nitrogens with zero attached hydrogens (tertiary/aromatic N) is 2. The lowest BCUT2D eigenvalue weighted by molar-refractivity contribution is 0.0826. The topological polar surface area (TPSA) is 34.9 Å². The molecule has 1 aliphatic carbocycles. The Kier molecular flexibility index (Phi) is 3.88. The van der Waals surface area contributed by atoms with Crippen LogP contribution in [0.5, 0.6) is 0 Å². The molecule has 1 aromatic heterocycles. The van der Waals surface area contributed by atoms with Crippen molar-refractivity contribution >= 4 is 5.78 Å². The van der Waals surface area contributed by atoms with Crippen LogP contribution in [0.25, 0.3) is 0 Å². The van der Waals surface area contributed by atoms with Crippen molar-refractivity contribution in [1.82, 2.24) is 9.78 Å². The molecule has 3 heteroatoms. The Balaban J connectivity index is 2.17. The summed E-state index contributed by atoms with van der Waals surface area (Å²) in [6, 6.07) is 1.96. The number of carbonyl (C=O) groups is 1. The molecule has 0 aliphatic heterocycles. The van der Waals surface area contributed by atoms with Crippen LogP contribution >= 0.6 is 0 Å². The fourth-order valence-corrected chi connectivity index (χ4v) is 3.30. The lowest BCUT2D eigenvalue weighted by Gasteiger charge is -2.30. The Morgan fingerprint density at radius 3 is 2.44 bits per heavy atom. The van der Waals surface area contributed by atoms with Crippen molar-refractivity contribution in [2.75, 3.05) is 0 Å². The molecule has 3 nitrogen and oxygen atoms in total. The molecule has 2 rings (SSSR count). The molecule has 1 saturated carbocycles. The van der Waals surface area contributed by atoms with Crippen molar-refractivity contribution < 1.29 is 4.79 Å². The summed E-state index contributed by atoms with van der Waals surface area (Å²) in [5.41, 5.74) is 1.80. The molecule has 1 aromatic rings. The Labute approximate surface area is 110 Å². The van der Waals surface area contributed by atoms with Gasteiger partial charge in [0.15, 0.2) is 5.78 Å². The highest BCUT2D eigenvalue weighted by Gasteiger charge is 2.30. The van der Waals surface area contributed by atoms with Gasteiger partial charge in [0.05, 0.1) is 5.69 Å². The van der Waals surface area contributed by atoms with Gasteiger partial charge in [0, 0.05) is 13.0 Å². The van der Waals surface area contributed by atoms with Crippen molar-refractivity contribution in [3.05, 3.63) is 17.5 Å². The van der Waals surface area contributed by atoms with Gasteiger partial charge < -0.3 is 0 Å². The van der Waals surface area contributed by atoms with E-state index in [0.29, 0.717) is 17.6 Å². The number of rotatable bonds is 3. The van der Waals surface area contributed by atoms with Crippen molar-refractivity contribution in [2.45, 2.75) is 46.5 Å². The molecule has 0 bridgehead atoms. The first kappa shape index (κ1) is 13.3. The predicted molar refractivity (Wildman–Crippen MR) is 72.6 cm³/mol. The first-order chi connectivity index (χ1) is 8.51. The van der Waals surface area contributed by atoms with Crippen LogP contribution in [0.2, 0.25) is 0 Å². The number of hydrogen-bond donors (Lipinski definition) is 0. The molecular weight excluding hydrogens is 224 g/mol. The maximum absolute atomic E-state index is 12.6. The summed E-state index contributed by atoms with van der Waals surface area (Å²) in [4.78, 5) is 12.6. The van der Waals surface area contributed by atoms with E-state index in [1.54, 1.807) is 4.68 Å². The smallest absolute Gasteiger partial charge is 0.183 e. The van der Waals surface area contributed by atoms with E-state index in [1.807, 2.05) is 13.1 Å². The molecule has 0 saturated heterocycles. The van der Waals surface area contributed by atoms with Gasteiger partial charge in [-0.1, -0.05) is 20.8 Å². The van der Waals surface area contributed by atoms with Crippen LogP contribution in [0.3, 0.4) is 0 Å². The van der Waals surface area contributed by atoms with Gasteiger partial charge in [-0.2, -0.15) is 5.10 Å². The average molecular weight is 248 g/mol. The summed E-state index contributed by atoms with van der Waals surface area (Å²) in [6.07, 6.45) is 4.22. The van der Waals surface area contributed by atoms with E-state index in [9.17, 15) is 4.79 Å². The molecule has 0 radical (unpaired) electrons. The summed E-state index contributed by atoms with van der Waals surface area (Å²) in [5.74, 6) is 1.83. The molecule has 1 fully saturated rings. The highest BCUT2D eigenvalue weighted by atomic mass is 16.1. The van der Waals surface area contributed by atoms with Gasteiger partial charge in [0.1, 0.15) is 5.69 Å². The monoisotopic (exact) mass is 248 g/mol. The van der Waals surface area contributed by atoms with E-state index in [4.69, 9.17) is 0 Å². The van der Waals surface area contributed by atoms with Gasteiger partial charge in [-0.05, 0) is 43.6 Å². The highest BCUT2D eigenvalue weighted by molar-refractivity contribution is 5.96. The molecule has 1 aliphatic rings. The molecule has 0 spiro atoms. The van der Waals surface area contributed by atoms with E-state index in [0.717, 1.165) is 30.7 Å². The third kappa shape index (κ3) is 2.65. The highest BCUT2D eigenvalue weighted by Crippen LogP contribution is 2.34. The van der Waals surface area contributed by atoms with Gasteiger partial charge in [0.25, 0.3) is 0 Å². The van der Waals surface area contributed by atoms with E-state index < -0.39 is 0 Å². The molecule has 0 amide bonds. The van der Waals surface area contributed by atoms with Crippen LogP contribution in [-0.4, -0.2) is 15.6 Å². The zero-order chi connectivity index (χ0) is 13.3. The maximum Gasteiger partial charge on any atom is 0.183 e. The number of aromatic nitrogens is 2. The van der Waals surface area contributed by atoms with E-state index in [2.05, 4.69) is 25.9 Å². The first-order valence-electron chi connectivity index (χ1n) is 7.08. The second-order valence-corrected chi connectivity index (χ2v) is 5.98. The molecule has 18 heavy (non-hydrogen) atoms. The standard InChI is InChI=1S/C15H24N2O/c1-5-13-9-14(17(4)16-13)15(18)12-7-10(2)6-11(3)8-12/h9-12H,5-8H2,1-4H3. The van der Waals surface area contributed by atoms with Gasteiger partial charge in [-0.3, -0.25) is 9.48 Å². The minimum absolute atomic E-state index is 0.198. The maximum atomic E-state index is 12.6. The van der Waals surface area contributed by atoms with E-state index in [-0.39, 0.29) is 5.92 Å². The Morgan fingerprint density at radius 2 is 1.94 bits per heavy atom. The van der Waals surface area contributed by atoms with Gasteiger partial charge >= 0.3 is 0 Å². The molecule has 100 valence electrons. The second-order valence-electron chi connectivity index (χ2n) is 5.98. The zero-order valence-electron chi connectivity index (χ0n) is 11.9. The summed E-state index contributed by atoms with van der Waals surface area (Å²) >= 11 is 0. The molecule has 2 unspecified atom stereocenters. The van der Waals surface area contributed by atoms with E-state index >= 15 is 0 Å². The van der Waals surface area contributed by atoms with Crippen LogP contribution in [0.4, 0.5) is 0 Å². The molecular formula is C15H24N2O. The Hall–Kier alpha value is -1.12. The zero-order valence-corrected chi connectivity index (χ0v) is 11.9. The Bertz CT molecular complexity index is 426. The lowest BCUT2D eigenvalue weighted by Crippen LogP contribution is -2.27. The fraction of sp³-hybridized carbons (Fsp3) is 0.733. The molecule has 0 N–H and O–H groups in total. The van der Waals surface area contributed by atoms with Gasteiger partial charge in [-0.25, -0.2) is 0 Å². The predicted octanol–water partition coefficient (Wildman–Crippen LogP) is 3.24. The quantitative estimate of drug-likeness (QED) is 0.770. The first-order valence-corrected chi connectivity index (χ1v) is 7.08. The number of ketones is 1. The minimum Gasteiger partial charge on any atom is -0.292 e. The average Bonchev–Trinajstić information content (AvgIpc) is 2.68. The lowest BCUT2D eigenvalue weighted by atomic mass is 9.74. The number of aryl methyl sites for hydroxylation is 2. The van der Waals surface area contributed by atoms with Crippen LogP contribution in [0.1, 0.15) is 56.2 Å². The number of carbonyl (C=O) groups excluding carboxylic acids is 1. The molecule has 1 heterocycles. The SMILES string of the molecule is CCc1cc(C(=O)C2CC(C)CC(C)C2)n(C)n1. The molecule has 2 atom stereocenters. The summed E-state index contributed by atoms with van der Waals surface area (Å²) < 4.78 is 1.76. The van der Waals surface area contributed by atoms with Crippen molar-refractivity contribution in [3.8, 4) is 0 Å². The third-order valence-corrected chi connectivity index (χ3v) is 4.09. The van der Waals surface area contributed by atoms with E-state index in [1.165, 1.54) is 6.42 Å². The van der Waals surface area contributed by atoms with Crippen LogP contribution in [0, 0.1) is 17.8 Å². The van der Waals surface area contributed by atoms with Crippen molar-refractivity contribution in [3.63, 3.8) is 0 Å². The van der Waals surface area contributed by atoms with Crippen LogP contribution < -0.4 is 0 Å². The Morgan fingerprint density at radius 1 is 1.33 bits per heavy atom. The summed E-state index contributed by atoms with van der Waals surface area (Å²) in [5, 5.41) is 4.38. The van der Waals surface area contributed by atoms with Gasteiger partial charge in [0.2, 0.25) is 0 Å². The fourth-order valence-electron chi connectivity index (χ4n) is 3.30. The van der Waals surface area contributed by atoms with Crippen molar-refractivity contribution in [2.24, 2.45) is 24.8 Å². The van der Waals surface area contributed by atoms with Crippen LogP contribution in [0.15, 0.2) is 6.07 Å². The summed E-state index contributed by atoms with van der Waals surface area (Å²) in [7, 11) is 1.88. The third-order valence-electron chi connectivity index (χ3n) is 4.09. The summed E-state index contributed by atoms with van der Waals surface area (Å²) in [6.45, 7) is 6.59. The van der Waals surface area contributed by atoms with Crippen LogP contribution in [-0.2, 0) is 13.5 Å². The minimum atomic E-state index is 0.198. The largest absolute Gasteiger partial charge is 0.292 e. The van der Waals surface area contributed by atoms with Gasteiger partial charge in [-0.15, -0.1) is 0 Å². The molecule has 0 aromatic carbocycles. The number of hydrogen-bond acceptors (Lipinski definition) is 2. The second kappa shape index (κ2) is 5.25. The van der Waals surface area contributed by atoms with Crippen molar-refractivity contribution in [1.29, 1.82) is 0 Å². The normalized spacial score (nSPS) is 28.3.